The van der Waals surface area contributed by atoms with Crippen LogP contribution in [0.4, 0.5) is 4.79 Å². The van der Waals surface area contributed by atoms with Gasteiger partial charge < -0.3 is 16.0 Å². The minimum Gasteiger partial charge on any atom is -0.353 e. The van der Waals surface area contributed by atoms with Gasteiger partial charge in [-0.2, -0.15) is 0 Å². The second-order valence-electron chi connectivity index (χ2n) is 5.53. The van der Waals surface area contributed by atoms with Crippen molar-refractivity contribution in [3.8, 4) is 0 Å². The summed E-state index contributed by atoms with van der Waals surface area (Å²) < 4.78 is 0. The van der Waals surface area contributed by atoms with Gasteiger partial charge in [-0.3, -0.25) is 4.79 Å². The fraction of sp³-hybridized carbons (Fsp3) is 0.222. The zero-order valence-electron chi connectivity index (χ0n) is 12.7. The zero-order valence-corrected chi connectivity index (χ0v) is 12.7. The highest BCUT2D eigenvalue weighted by Gasteiger charge is 2.27. The van der Waals surface area contributed by atoms with Gasteiger partial charge in [0, 0.05) is 19.0 Å². The van der Waals surface area contributed by atoms with Crippen LogP contribution in [0.2, 0.25) is 0 Å². The Balaban J connectivity index is 1.72. The lowest BCUT2D eigenvalue weighted by Crippen LogP contribution is -2.44. The smallest absolute Gasteiger partial charge is 0.315 e. The SMILES string of the molecule is O=C1NC[C@@H](C(=O)NCC(c2ccccc2)c2ccccc2)N1. The van der Waals surface area contributed by atoms with Gasteiger partial charge in [-0.15, -0.1) is 0 Å². The molecule has 3 rings (SSSR count). The number of amides is 3. The van der Waals surface area contributed by atoms with Crippen LogP contribution in [0, 0.1) is 0 Å². The molecule has 1 atom stereocenters. The van der Waals surface area contributed by atoms with Crippen LogP contribution >= 0.6 is 0 Å². The number of benzene rings is 2. The number of carbonyl (C=O) groups is 2. The summed E-state index contributed by atoms with van der Waals surface area (Å²) >= 11 is 0. The van der Waals surface area contributed by atoms with E-state index in [9.17, 15) is 9.59 Å². The van der Waals surface area contributed by atoms with E-state index in [1.165, 1.54) is 0 Å². The standard InChI is InChI=1S/C18H19N3O2/c22-17(16-12-20-18(23)21-16)19-11-15(13-7-3-1-4-8-13)14-9-5-2-6-10-14/h1-10,15-16H,11-12H2,(H,19,22)(H2,20,21,23)/t16-/m0/s1. The predicted octanol–water partition coefficient (Wildman–Crippen LogP) is 1.62. The lowest BCUT2D eigenvalue weighted by atomic mass is 9.91. The fourth-order valence-corrected chi connectivity index (χ4v) is 2.74. The molecule has 0 saturated carbocycles. The molecule has 0 radical (unpaired) electrons. The summed E-state index contributed by atoms with van der Waals surface area (Å²) in [4.78, 5) is 23.3. The normalized spacial score (nSPS) is 16.7. The minimum absolute atomic E-state index is 0.0754. The van der Waals surface area contributed by atoms with Crippen LogP contribution in [0.1, 0.15) is 17.0 Å². The first-order valence-corrected chi connectivity index (χ1v) is 7.66. The molecule has 118 valence electrons. The summed E-state index contributed by atoms with van der Waals surface area (Å²) in [6, 6.07) is 19.4. The Hall–Kier alpha value is -2.82. The van der Waals surface area contributed by atoms with Gasteiger partial charge in [0.15, 0.2) is 0 Å². The number of rotatable bonds is 5. The summed E-state index contributed by atoms with van der Waals surface area (Å²) in [5.74, 6) is -0.0911. The third-order valence-electron chi connectivity index (χ3n) is 3.97. The first-order valence-electron chi connectivity index (χ1n) is 7.66. The van der Waals surface area contributed by atoms with Crippen molar-refractivity contribution in [2.45, 2.75) is 12.0 Å². The van der Waals surface area contributed by atoms with E-state index in [1.54, 1.807) is 0 Å². The van der Waals surface area contributed by atoms with E-state index < -0.39 is 6.04 Å². The average molecular weight is 309 g/mol. The van der Waals surface area contributed by atoms with Crippen LogP contribution in [-0.2, 0) is 4.79 Å². The lowest BCUT2D eigenvalue weighted by Gasteiger charge is -2.20. The minimum atomic E-state index is -0.505. The Kier molecular flexibility index (Phi) is 4.57. The van der Waals surface area contributed by atoms with E-state index in [2.05, 4.69) is 40.2 Å². The van der Waals surface area contributed by atoms with Crippen molar-refractivity contribution >= 4 is 11.9 Å². The maximum atomic E-state index is 12.2. The average Bonchev–Trinajstić information content (AvgIpc) is 3.03. The molecular weight excluding hydrogens is 290 g/mol. The molecule has 5 heteroatoms. The van der Waals surface area contributed by atoms with Crippen LogP contribution in [0.5, 0.6) is 0 Å². The predicted molar refractivity (Wildman–Crippen MR) is 88.1 cm³/mol. The molecule has 1 fully saturated rings. The number of nitrogens with one attached hydrogen (secondary N) is 3. The van der Waals surface area contributed by atoms with Crippen molar-refractivity contribution in [3.63, 3.8) is 0 Å². The molecule has 1 heterocycles. The number of urea groups is 1. The third kappa shape index (κ3) is 3.69. The van der Waals surface area contributed by atoms with Crippen molar-refractivity contribution in [1.82, 2.24) is 16.0 Å². The molecule has 5 nitrogen and oxygen atoms in total. The first-order chi connectivity index (χ1) is 11.2. The number of hydrogen-bond acceptors (Lipinski definition) is 2. The Morgan fingerprint density at radius 1 is 1.04 bits per heavy atom. The molecule has 0 unspecified atom stereocenters. The maximum absolute atomic E-state index is 12.2. The van der Waals surface area contributed by atoms with Crippen LogP contribution in [0.25, 0.3) is 0 Å². The van der Waals surface area contributed by atoms with Crippen molar-refractivity contribution in [2.75, 3.05) is 13.1 Å². The van der Waals surface area contributed by atoms with Gasteiger partial charge in [-0.05, 0) is 11.1 Å². The highest BCUT2D eigenvalue weighted by atomic mass is 16.2. The van der Waals surface area contributed by atoms with Crippen molar-refractivity contribution in [3.05, 3.63) is 71.8 Å². The van der Waals surface area contributed by atoms with E-state index in [4.69, 9.17) is 0 Å². The van der Waals surface area contributed by atoms with Crippen LogP contribution < -0.4 is 16.0 Å². The molecule has 3 amide bonds. The second kappa shape index (κ2) is 6.96. The summed E-state index contributed by atoms with van der Waals surface area (Å²) in [5, 5.41) is 8.13. The van der Waals surface area contributed by atoms with E-state index >= 15 is 0 Å². The summed E-state index contributed by atoms with van der Waals surface area (Å²) in [6.45, 7) is 0.811. The molecule has 0 aromatic heterocycles. The van der Waals surface area contributed by atoms with Gasteiger partial charge >= 0.3 is 6.03 Å². The molecule has 2 aromatic rings. The highest BCUT2D eigenvalue weighted by molar-refractivity contribution is 5.90. The number of hydrogen-bond donors (Lipinski definition) is 3. The second-order valence-corrected chi connectivity index (χ2v) is 5.53. The molecular formula is C18H19N3O2. The fourth-order valence-electron chi connectivity index (χ4n) is 2.74. The Bertz CT molecular complexity index is 634. The molecule has 0 bridgehead atoms. The van der Waals surface area contributed by atoms with Gasteiger partial charge in [-0.1, -0.05) is 60.7 Å². The molecule has 23 heavy (non-hydrogen) atoms. The maximum Gasteiger partial charge on any atom is 0.315 e. The summed E-state index contributed by atoms with van der Waals surface area (Å²) in [6.07, 6.45) is 0. The van der Waals surface area contributed by atoms with E-state index in [0.717, 1.165) is 11.1 Å². The molecule has 1 aliphatic heterocycles. The zero-order chi connectivity index (χ0) is 16.1. The van der Waals surface area contributed by atoms with Gasteiger partial charge in [-0.25, -0.2) is 4.79 Å². The van der Waals surface area contributed by atoms with Crippen molar-refractivity contribution in [2.24, 2.45) is 0 Å². The quantitative estimate of drug-likeness (QED) is 0.785. The van der Waals surface area contributed by atoms with Crippen molar-refractivity contribution < 1.29 is 9.59 Å². The van der Waals surface area contributed by atoms with Gasteiger partial charge in [0.2, 0.25) is 5.91 Å². The third-order valence-corrected chi connectivity index (χ3v) is 3.97. The number of carbonyl (C=O) groups excluding carboxylic acids is 2. The molecule has 3 N–H and O–H groups in total. The Labute approximate surface area is 135 Å². The molecule has 2 aromatic carbocycles. The molecule has 0 aliphatic carbocycles. The monoisotopic (exact) mass is 309 g/mol. The van der Waals surface area contributed by atoms with E-state index in [0.29, 0.717) is 13.1 Å². The van der Waals surface area contributed by atoms with Crippen LogP contribution in [0.15, 0.2) is 60.7 Å². The summed E-state index contributed by atoms with van der Waals surface area (Å²) in [7, 11) is 0. The molecule has 0 spiro atoms. The Morgan fingerprint density at radius 3 is 2.09 bits per heavy atom. The van der Waals surface area contributed by atoms with Gasteiger partial charge in [0.05, 0.1) is 0 Å². The van der Waals surface area contributed by atoms with Crippen LogP contribution in [-0.4, -0.2) is 31.1 Å². The topological polar surface area (TPSA) is 70.2 Å². The first kappa shape index (κ1) is 15.1. The molecule has 1 saturated heterocycles. The van der Waals surface area contributed by atoms with Crippen molar-refractivity contribution in [1.29, 1.82) is 0 Å². The van der Waals surface area contributed by atoms with Gasteiger partial charge in [0.1, 0.15) is 6.04 Å². The largest absolute Gasteiger partial charge is 0.353 e. The summed E-state index contributed by atoms with van der Waals surface area (Å²) in [5.41, 5.74) is 2.29. The van der Waals surface area contributed by atoms with E-state index in [-0.39, 0.29) is 17.9 Å². The van der Waals surface area contributed by atoms with Crippen LogP contribution in [0.3, 0.4) is 0 Å². The lowest BCUT2D eigenvalue weighted by molar-refractivity contribution is -0.122. The highest BCUT2D eigenvalue weighted by Crippen LogP contribution is 2.23. The molecule has 1 aliphatic rings. The Morgan fingerprint density at radius 2 is 1.61 bits per heavy atom. The van der Waals surface area contributed by atoms with E-state index in [1.807, 2.05) is 36.4 Å². The van der Waals surface area contributed by atoms with Gasteiger partial charge in [0.25, 0.3) is 0 Å².